The average molecular weight is 252 g/mol. The monoisotopic (exact) mass is 252 g/mol. The number of benzene rings is 1. The summed E-state index contributed by atoms with van der Waals surface area (Å²) in [6.45, 7) is 4.10. The van der Waals surface area contributed by atoms with Gasteiger partial charge in [-0.15, -0.1) is 0 Å². The first kappa shape index (κ1) is 12.7. The molecule has 0 radical (unpaired) electrons. The first-order chi connectivity index (χ1) is 8.52. The van der Waals surface area contributed by atoms with Gasteiger partial charge in [0, 0.05) is 29.9 Å². The van der Waals surface area contributed by atoms with E-state index in [2.05, 4.69) is 5.10 Å². The third-order valence-electron chi connectivity index (χ3n) is 2.87. The Balaban J connectivity index is 2.39. The summed E-state index contributed by atoms with van der Waals surface area (Å²) in [7, 11) is 0. The van der Waals surface area contributed by atoms with Crippen LogP contribution in [0.15, 0.2) is 24.5 Å². The van der Waals surface area contributed by atoms with Gasteiger partial charge in [-0.25, -0.2) is 8.78 Å². The van der Waals surface area contributed by atoms with Gasteiger partial charge < -0.3 is 5.11 Å². The van der Waals surface area contributed by atoms with E-state index in [1.54, 1.807) is 10.9 Å². The first-order valence-corrected chi connectivity index (χ1v) is 5.69. The van der Waals surface area contributed by atoms with Crippen LogP contribution < -0.4 is 0 Å². The van der Waals surface area contributed by atoms with E-state index in [9.17, 15) is 13.9 Å². The van der Waals surface area contributed by atoms with E-state index in [0.717, 1.165) is 6.07 Å². The summed E-state index contributed by atoms with van der Waals surface area (Å²) >= 11 is 0. The van der Waals surface area contributed by atoms with Gasteiger partial charge in [0.25, 0.3) is 0 Å². The summed E-state index contributed by atoms with van der Waals surface area (Å²) in [4.78, 5) is 0. The Morgan fingerprint density at radius 2 is 2.06 bits per heavy atom. The van der Waals surface area contributed by atoms with Crippen molar-refractivity contribution in [1.82, 2.24) is 9.78 Å². The summed E-state index contributed by atoms with van der Waals surface area (Å²) in [5.74, 6) is -1.37. The van der Waals surface area contributed by atoms with Crippen molar-refractivity contribution in [2.75, 3.05) is 0 Å². The van der Waals surface area contributed by atoms with E-state index in [1.807, 2.05) is 6.92 Å². The molecule has 1 aromatic heterocycles. The van der Waals surface area contributed by atoms with Crippen molar-refractivity contribution in [3.8, 4) is 0 Å². The topological polar surface area (TPSA) is 38.0 Å². The van der Waals surface area contributed by atoms with Crippen LogP contribution in [-0.2, 0) is 6.54 Å². The molecule has 1 N–H and O–H groups in total. The molecule has 0 amide bonds. The summed E-state index contributed by atoms with van der Waals surface area (Å²) in [6.07, 6.45) is 1.99. The predicted octanol–water partition coefficient (Wildman–Crippen LogP) is 2.57. The molecule has 0 spiro atoms. The maximum Gasteiger partial charge on any atom is 0.132 e. The van der Waals surface area contributed by atoms with Gasteiger partial charge in [0.1, 0.15) is 17.7 Å². The minimum atomic E-state index is -1.13. The van der Waals surface area contributed by atoms with Crippen molar-refractivity contribution in [3.05, 3.63) is 52.9 Å². The molecule has 0 saturated carbocycles. The summed E-state index contributed by atoms with van der Waals surface area (Å²) < 4.78 is 28.4. The molecule has 5 heteroatoms. The predicted molar refractivity (Wildman–Crippen MR) is 63.1 cm³/mol. The molecule has 0 bridgehead atoms. The van der Waals surface area contributed by atoms with Crippen LogP contribution in [0.2, 0.25) is 0 Å². The van der Waals surface area contributed by atoms with Crippen LogP contribution in [0.1, 0.15) is 29.7 Å². The Hall–Kier alpha value is -1.75. The third kappa shape index (κ3) is 2.26. The van der Waals surface area contributed by atoms with Crippen LogP contribution >= 0.6 is 0 Å². The molecule has 2 rings (SSSR count). The van der Waals surface area contributed by atoms with Crippen LogP contribution in [0, 0.1) is 18.6 Å². The Kier molecular flexibility index (Phi) is 3.43. The summed E-state index contributed by atoms with van der Waals surface area (Å²) in [5, 5.41) is 14.1. The lowest BCUT2D eigenvalue weighted by Crippen LogP contribution is -2.03. The fourth-order valence-corrected chi connectivity index (χ4v) is 1.76. The Morgan fingerprint density at radius 1 is 1.33 bits per heavy atom. The number of aromatic nitrogens is 2. The van der Waals surface area contributed by atoms with Gasteiger partial charge in [-0.1, -0.05) is 0 Å². The molecular weight excluding hydrogens is 238 g/mol. The minimum absolute atomic E-state index is 0.0598. The first-order valence-electron chi connectivity index (χ1n) is 5.69. The second kappa shape index (κ2) is 4.86. The number of hydrogen-bond acceptors (Lipinski definition) is 2. The molecule has 0 fully saturated rings. The molecule has 1 atom stereocenters. The lowest BCUT2D eigenvalue weighted by Gasteiger charge is -2.11. The Labute approximate surface area is 104 Å². The van der Waals surface area contributed by atoms with Gasteiger partial charge in [0.15, 0.2) is 0 Å². The minimum Gasteiger partial charge on any atom is -0.383 e. The Morgan fingerprint density at radius 3 is 2.67 bits per heavy atom. The highest BCUT2D eigenvalue weighted by Gasteiger charge is 2.18. The quantitative estimate of drug-likeness (QED) is 0.911. The molecule has 3 nitrogen and oxygen atoms in total. The zero-order valence-corrected chi connectivity index (χ0v) is 10.2. The van der Waals surface area contributed by atoms with E-state index < -0.39 is 17.7 Å². The van der Waals surface area contributed by atoms with Crippen LogP contribution in [-0.4, -0.2) is 14.9 Å². The highest BCUT2D eigenvalue weighted by atomic mass is 19.1. The fraction of sp³-hybridized carbons (Fsp3) is 0.308. The van der Waals surface area contributed by atoms with Crippen LogP contribution in [0.3, 0.4) is 0 Å². The fourth-order valence-electron chi connectivity index (χ4n) is 1.76. The van der Waals surface area contributed by atoms with E-state index in [4.69, 9.17) is 0 Å². The molecule has 0 aliphatic heterocycles. The van der Waals surface area contributed by atoms with Gasteiger partial charge in [0.05, 0.1) is 6.20 Å². The van der Waals surface area contributed by atoms with Gasteiger partial charge in [-0.05, 0) is 25.5 Å². The SMILES string of the molecule is CCn1cc(C(O)c2cc(C)c(F)cc2F)cn1. The lowest BCUT2D eigenvalue weighted by atomic mass is 10.0. The van der Waals surface area contributed by atoms with Gasteiger partial charge in [-0.3, -0.25) is 4.68 Å². The highest BCUT2D eigenvalue weighted by molar-refractivity contribution is 5.32. The molecule has 18 heavy (non-hydrogen) atoms. The molecule has 0 aliphatic rings. The largest absolute Gasteiger partial charge is 0.383 e. The standard InChI is InChI=1S/C13H14F2N2O/c1-3-17-7-9(6-16-17)13(18)10-4-8(2)11(14)5-12(10)15/h4-7,13,18H,3H2,1-2H3. The van der Waals surface area contributed by atoms with Crippen molar-refractivity contribution >= 4 is 0 Å². The van der Waals surface area contributed by atoms with Gasteiger partial charge in [-0.2, -0.15) is 5.10 Å². The number of rotatable bonds is 3. The lowest BCUT2D eigenvalue weighted by molar-refractivity contribution is 0.214. The van der Waals surface area contributed by atoms with Crippen LogP contribution in [0.4, 0.5) is 8.78 Å². The number of halogens is 2. The molecule has 0 saturated heterocycles. The molecule has 1 heterocycles. The van der Waals surface area contributed by atoms with Crippen molar-refractivity contribution in [1.29, 1.82) is 0 Å². The number of nitrogens with zero attached hydrogens (tertiary/aromatic N) is 2. The number of hydrogen-bond donors (Lipinski definition) is 1. The molecule has 2 aromatic rings. The van der Waals surface area contributed by atoms with Gasteiger partial charge in [0.2, 0.25) is 0 Å². The smallest absolute Gasteiger partial charge is 0.132 e. The van der Waals surface area contributed by atoms with Crippen molar-refractivity contribution in [2.45, 2.75) is 26.5 Å². The van der Waals surface area contributed by atoms with E-state index in [0.29, 0.717) is 17.7 Å². The van der Waals surface area contributed by atoms with Crippen LogP contribution in [0.25, 0.3) is 0 Å². The second-order valence-corrected chi connectivity index (χ2v) is 4.15. The van der Waals surface area contributed by atoms with Crippen molar-refractivity contribution < 1.29 is 13.9 Å². The number of aryl methyl sites for hydroxylation is 2. The van der Waals surface area contributed by atoms with Gasteiger partial charge >= 0.3 is 0 Å². The van der Waals surface area contributed by atoms with Crippen LogP contribution in [0.5, 0.6) is 0 Å². The second-order valence-electron chi connectivity index (χ2n) is 4.15. The third-order valence-corrected chi connectivity index (χ3v) is 2.87. The zero-order chi connectivity index (χ0) is 13.3. The van der Waals surface area contributed by atoms with E-state index in [-0.39, 0.29) is 5.56 Å². The van der Waals surface area contributed by atoms with E-state index >= 15 is 0 Å². The molecule has 1 unspecified atom stereocenters. The van der Waals surface area contributed by atoms with Crippen molar-refractivity contribution in [2.24, 2.45) is 0 Å². The normalized spacial score (nSPS) is 12.7. The number of aliphatic hydroxyl groups is 1. The number of aliphatic hydroxyl groups excluding tert-OH is 1. The zero-order valence-electron chi connectivity index (χ0n) is 10.2. The molecular formula is C13H14F2N2O. The highest BCUT2D eigenvalue weighted by Crippen LogP contribution is 2.26. The van der Waals surface area contributed by atoms with E-state index in [1.165, 1.54) is 19.2 Å². The maximum atomic E-state index is 13.6. The summed E-state index contributed by atoms with van der Waals surface area (Å²) in [6, 6.07) is 2.11. The molecule has 96 valence electrons. The summed E-state index contributed by atoms with van der Waals surface area (Å²) in [5.41, 5.74) is 0.847. The maximum absolute atomic E-state index is 13.6. The Bertz CT molecular complexity index is 566. The van der Waals surface area contributed by atoms with Crippen molar-refractivity contribution in [3.63, 3.8) is 0 Å². The molecule has 1 aromatic carbocycles. The average Bonchev–Trinajstić information content (AvgIpc) is 2.81. The molecule has 0 aliphatic carbocycles.